The largest absolute Gasteiger partial charge is 0.494 e. The van der Waals surface area contributed by atoms with Crippen molar-refractivity contribution in [2.24, 2.45) is 0 Å². The van der Waals surface area contributed by atoms with Crippen LogP contribution in [0.1, 0.15) is 0 Å². The molecule has 0 bridgehead atoms. The number of carbonyl (C=O) groups excluding carboxylic acids is 1. The van der Waals surface area contributed by atoms with E-state index in [1.165, 1.54) is 49.2 Å². The average Bonchev–Trinajstić information content (AvgIpc) is 2.54. The maximum atomic E-state index is 12.8. The van der Waals surface area contributed by atoms with Crippen LogP contribution >= 0.6 is 11.8 Å². The molecule has 0 atom stereocenters. The Morgan fingerprint density at radius 3 is 2.61 bits per heavy atom. The molecular weight excluding hydrogens is 323 g/mol. The van der Waals surface area contributed by atoms with Crippen LogP contribution in [-0.4, -0.2) is 23.7 Å². The SMILES string of the molecule is COc1cc([N+](=O)[O-])ccc1NC(=O)CSc1ccc(F)cc1. The van der Waals surface area contributed by atoms with Crippen LogP contribution in [0.25, 0.3) is 0 Å². The molecule has 2 aromatic carbocycles. The number of carbonyl (C=O) groups is 1. The van der Waals surface area contributed by atoms with Gasteiger partial charge in [0.15, 0.2) is 0 Å². The summed E-state index contributed by atoms with van der Waals surface area (Å²) in [6, 6.07) is 9.74. The highest BCUT2D eigenvalue weighted by Gasteiger charge is 2.13. The van der Waals surface area contributed by atoms with Crippen LogP contribution < -0.4 is 10.1 Å². The summed E-state index contributed by atoms with van der Waals surface area (Å²) >= 11 is 1.25. The highest BCUT2D eigenvalue weighted by molar-refractivity contribution is 8.00. The molecule has 0 spiro atoms. The topological polar surface area (TPSA) is 81.5 Å². The molecule has 2 aromatic rings. The minimum absolute atomic E-state index is 0.117. The van der Waals surface area contributed by atoms with Gasteiger partial charge >= 0.3 is 0 Å². The van der Waals surface area contributed by atoms with E-state index < -0.39 is 4.92 Å². The summed E-state index contributed by atoms with van der Waals surface area (Å²) in [6.45, 7) is 0. The Morgan fingerprint density at radius 1 is 1.30 bits per heavy atom. The second-order valence-corrected chi connectivity index (χ2v) is 5.48. The Kier molecular flexibility index (Phi) is 5.53. The first-order valence-corrected chi connectivity index (χ1v) is 7.49. The number of nitro groups is 1. The Morgan fingerprint density at radius 2 is 2.00 bits per heavy atom. The molecule has 0 heterocycles. The van der Waals surface area contributed by atoms with Gasteiger partial charge in [-0.05, 0) is 30.3 Å². The van der Waals surface area contributed by atoms with Gasteiger partial charge < -0.3 is 10.1 Å². The molecule has 120 valence electrons. The number of amides is 1. The molecule has 0 saturated heterocycles. The lowest BCUT2D eigenvalue weighted by atomic mass is 10.2. The minimum atomic E-state index is -0.543. The molecule has 1 N–H and O–H groups in total. The average molecular weight is 336 g/mol. The Balaban J connectivity index is 1.99. The fourth-order valence-electron chi connectivity index (χ4n) is 1.76. The molecule has 0 fully saturated rings. The van der Waals surface area contributed by atoms with Gasteiger partial charge in [0.1, 0.15) is 11.6 Å². The Labute approximate surface area is 135 Å². The van der Waals surface area contributed by atoms with Gasteiger partial charge in [-0.3, -0.25) is 14.9 Å². The monoisotopic (exact) mass is 336 g/mol. The van der Waals surface area contributed by atoms with Crippen LogP contribution in [0.2, 0.25) is 0 Å². The number of methoxy groups -OCH3 is 1. The first kappa shape index (κ1) is 16.8. The van der Waals surface area contributed by atoms with E-state index in [9.17, 15) is 19.3 Å². The number of halogens is 1. The molecule has 0 saturated carbocycles. The van der Waals surface area contributed by atoms with Gasteiger partial charge in [-0.15, -0.1) is 11.8 Å². The summed E-state index contributed by atoms with van der Waals surface area (Å²) in [5.41, 5.74) is 0.225. The van der Waals surface area contributed by atoms with Gasteiger partial charge in [0.25, 0.3) is 5.69 Å². The zero-order valence-electron chi connectivity index (χ0n) is 12.1. The third-order valence-electron chi connectivity index (χ3n) is 2.85. The van der Waals surface area contributed by atoms with E-state index in [1.54, 1.807) is 12.1 Å². The summed E-state index contributed by atoms with van der Waals surface area (Å²) in [7, 11) is 1.36. The first-order valence-electron chi connectivity index (χ1n) is 6.50. The number of hydrogen-bond acceptors (Lipinski definition) is 5. The van der Waals surface area contributed by atoms with E-state index in [4.69, 9.17) is 4.74 Å². The summed E-state index contributed by atoms with van der Waals surface area (Å²) in [5.74, 6) is -0.314. The molecule has 0 unspecified atom stereocenters. The zero-order chi connectivity index (χ0) is 16.8. The summed E-state index contributed by atoms with van der Waals surface area (Å²) in [6.07, 6.45) is 0. The van der Waals surface area contributed by atoms with E-state index in [0.717, 1.165) is 4.90 Å². The smallest absolute Gasteiger partial charge is 0.273 e. The molecule has 1 amide bonds. The molecule has 23 heavy (non-hydrogen) atoms. The predicted molar refractivity (Wildman–Crippen MR) is 85.4 cm³/mol. The maximum Gasteiger partial charge on any atom is 0.273 e. The minimum Gasteiger partial charge on any atom is -0.494 e. The third kappa shape index (κ3) is 4.68. The first-order chi connectivity index (χ1) is 11.0. The number of rotatable bonds is 6. The predicted octanol–water partition coefficient (Wildman–Crippen LogP) is 3.47. The van der Waals surface area contributed by atoms with E-state index >= 15 is 0 Å². The highest BCUT2D eigenvalue weighted by atomic mass is 32.2. The highest BCUT2D eigenvalue weighted by Crippen LogP contribution is 2.29. The van der Waals surface area contributed by atoms with Gasteiger partial charge in [0, 0.05) is 11.0 Å². The molecule has 2 rings (SSSR count). The number of hydrogen-bond donors (Lipinski definition) is 1. The lowest BCUT2D eigenvalue weighted by Crippen LogP contribution is -2.14. The van der Waals surface area contributed by atoms with Crippen molar-refractivity contribution in [1.29, 1.82) is 0 Å². The van der Waals surface area contributed by atoms with Crippen LogP contribution in [0, 0.1) is 15.9 Å². The molecular formula is C15H13FN2O4S. The summed E-state index contributed by atoms with van der Waals surface area (Å²) < 4.78 is 17.8. The fraction of sp³-hybridized carbons (Fsp3) is 0.133. The van der Waals surface area contributed by atoms with Gasteiger partial charge in [-0.2, -0.15) is 0 Å². The molecule has 0 aliphatic heterocycles. The number of non-ortho nitro benzene ring substituents is 1. The van der Waals surface area contributed by atoms with E-state index in [1.807, 2.05) is 0 Å². The fourth-order valence-corrected chi connectivity index (χ4v) is 2.46. The second kappa shape index (κ2) is 7.59. The number of nitrogens with zero attached hydrogens (tertiary/aromatic N) is 1. The molecule has 6 nitrogen and oxygen atoms in total. The maximum absolute atomic E-state index is 12.8. The number of thioether (sulfide) groups is 1. The van der Waals surface area contributed by atoms with E-state index in [-0.39, 0.29) is 28.9 Å². The lowest BCUT2D eigenvalue weighted by Gasteiger charge is -2.09. The number of nitro benzene ring substituents is 1. The van der Waals surface area contributed by atoms with Crippen molar-refractivity contribution >= 4 is 29.0 Å². The standard InChI is InChI=1S/C15H13FN2O4S/c1-22-14-8-11(18(20)21)4-7-13(14)17-15(19)9-23-12-5-2-10(16)3-6-12/h2-8H,9H2,1H3,(H,17,19). The molecule has 8 heteroatoms. The van der Waals surface area contributed by atoms with Gasteiger partial charge in [0.05, 0.1) is 29.5 Å². The molecule has 0 aliphatic rings. The van der Waals surface area contributed by atoms with Gasteiger partial charge in [-0.1, -0.05) is 0 Å². The Bertz CT molecular complexity index is 722. The van der Waals surface area contributed by atoms with E-state index in [2.05, 4.69) is 5.32 Å². The van der Waals surface area contributed by atoms with Crippen molar-refractivity contribution in [1.82, 2.24) is 0 Å². The van der Waals surface area contributed by atoms with Crippen molar-refractivity contribution < 1.29 is 18.8 Å². The number of nitrogens with one attached hydrogen (secondary N) is 1. The number of benzene rings is 2. The molecule has 0 aromatic heterocycles. The molecule has 0 radical (unpaired) electrons. The molecule has 0 aliphatic carbocycles. The van der Waals surface area contributed by atoms with Crippen molar-refractivity contribution in [3.8, 4) is 5.75 Å². The zero-order valence-corrected chi connectivity index (χ0v) is 12.9. The van der Waals surface area contributed by atoms with Crippen LogP contribution in [0.3, 0.4) is 0 Å². The van der Waals surface area contributed by atoms with Crippen LogP contribution in [-0.2, 0) is 4.79 Å². The van der Waals surface area contributed by atoms with Crippen molar-refractivity contribution in [2.75, 3.05) is 18.2 Å². The number of anilines is 1. The summed E-state index contributed by atoms with van der Waals surface area (Å²) in [5, 5.41) is 13.3. The van der Waals surface area contributed by atoms with Crippen molar-refractivity contribution in [3.63, 3.8) is 0 Å². The lowest BCUT2D eigenvalue weighted by molar-refractivity contribution is -0.384. The quantitative estimate of drug-likeness (QED) is 0.496. The van der Waals surface area contributed by atoms with Crippen molar-refractivity contribution in [2.45, 2.75) is 4.90 Å². The second-order valence-electron chi connectivity index (χ2n) is 4.43. The normalized spacial score (nSPS) is 10.2. The van der Waals surface area contributed by atoms with Crippen molar-refractivity contribution in [3.05, 3.63) is 58.4 Å². The van der Waals surface area contributed by atoms with Gasteiger partial charge in [0.2, 0.25) is 5.91 Å². The third-order valence-corrected chi connectivity index (χ3v) is 3.87. The Hall–Kier alpha value is -2.61. The van der Waals surface area contributed by atoms with Crippen LogP contribution in [0.4, 0.5) is 15.8 Å². The van der Waals surface area contributed by atoms with E-state index in [0.29, 0.717) is 5.69 Å². The van der Waals surface area contributed by atoms with Crippen LogP contribution in [0.5, 0.6) is 5.75 Å². The van der Waals surface area contributed by atoms with Gasteiger partial charge in [-0.25, -0.2) is 4.39 Å². The number of ether oxygens (including phenoxy) is 1. The van der Waals surface area contributed by atoms with Crippen LogP contribution in [0.15, 0.2) is 47.4 Å². The summed E-state index contributed by atoms with van der Waals surface area (Å²) in [4.78, 5) is 22.9.